The third kappa shape index (κ3) is 2.47. The predicted octanol–water partition coefficient (Wildman–Crippen LogP) is 3.31. The van der Waals surface area contributed by atoms with Gasteiger partial charge in [0.15, 0.2) is 5.78 Å². The van der Waals surface area contributed by atoms with Gasteiger partial charge in [-0.1, -0.05) is 6.07 Å². The van der Waals surface area contributed by atoms with Crippen LogP contribution in [0.15, 0.2) is 53.0 Å². The van der Waals surface area contributed by atoms with Gasteiger partial charge in [-0.3, -0.25) is 4.79 Å². The minimum Gasteiger partial charge on any atom is -0.466 e. The maximum atomic E-state index is 12.7. The monoisotopic (exact) mass is 336 g/mol. The van der Waals surface area contributed by atoms with Crippen LogP contribution in [0.3, 0.4) is 0 Å². The Morgan fingerprint density at radius 3 is 2.88 bits per heavy atom. The highest BCUT2D eigenvalue weighted by Crippen LogP contribution is 2.42. The number of carbonyl (C=O) groups is 2. The van der Waals surface area contributed by atoms with Crippen molar-refractivity contribution in [1.82, 2.24) is 10.3 Å². The summed E-state index contributed by atoms with van der Waals surface area (Å²) in [5.41, 5.74) is 4.91. The lowest BCUT2D eigenvalue weighted by Crippen LogP contribution is -2.34. The highest BCUT2D eigenvalue weighted by molar-refractivity contribution is 6.04. The molecule has 1 aliphatic carbocycles. The van der Waals surface area contributed by atoms with E-state index in [0.29, 0.717) is 17.6 Å². The first-order chi connectivity index (χ1) is 12.1. The van der Waals surface area contributed by atoms with E-state index in [1.807, 2.05) is 37.4 Å². The van der Waals surface area contributed by atoms with Gasteiger partial charge in [0.1, 0.15) is 0 Å². The third-order valence-electron chi connectivity index (χ3n) is 5.09. The summed E-state index contributed by atoms with van der Waals surface area (Å²) in [6.45, 7) is 1.87. The fraction of sp³-hybridized carbons (Fsp3) is 0.300. The Balaban J connectivity index is 1.93. The Hall–Kier alpha value is -2.82. The van der Waals surface area contributed by atoms with Gasteiger partial charge in [-0.15, -0.1) is 0 Å². The number of allylic oxidation sites excluding steroid dienone is 3. The summed E-state index contributed by atoms with van der Waals surface area (Å²) < 4.78 is 5.02. The number of ether oxygens (including phenoxy) is 1. The molecule has 1 aromatic heterocycles. The fourth-order valence-electron chi connectivity index (χ4n) is 3.95. The number of ketones is 1. The molecule has 0 fully saturated rings. The van der Waals surface area contributed by atoms with Crippen LogP contribution in [0.2, 0.25) is 0 Å². The maximum absolute atomic E-state index is 12.7. The van der Waals surface area contributed by atoms with E-state index in [0.717, 1.165) is 40.7 Å². The van der Waals surface area contributed by atoms with Crippen molar-refractivity contribution in [3.05, 3.63) is 58.6 Å². The number of dihydropyridines is 1. The molecule has 25 heavy (non-hydrogen) atoms. The Morgan fingerprint density at radius 1 is 1.24 bits per heavy atom. The number of methoxy groups -OCH3 is 1. The fourth-order valence-corrected chi connectivity index (χ4v) is 3.95. The van der Waals surface area contributed by atoms with Crippen molar-refractivity contribution in [3.8, 4) is 0 Å². The molecule has 128 valence electrons. The summed E-state index contributed by atoms with van der Waals surface area (Å²) in [5, 5.41) is 4.34. The second-order valence-corrected chi connectivity index (χ2v) is 6.58. The number of esters is 1. The van der Waals surface area contributed by atoms with E-state index in [2.05, 4.69) is 10.3 Å². The Bertz CT molecular complexity index is 949. The molecule has 1 aromatic carbocycles. The highest BCUT2D eigenvalue weighted by Gasteiger charge is 2.38. The van der Waals surface area contributed by atoms with Gasteiger partial charge in [-0.05, 0) is 48.9 Å². The van der Waals surface area contributed by atoms with Gasteiger partial charge in [-0.25, -0.2) is 4.79 Å². The molecule has 0 radical (unpaired) electrons. The van der Waals surface area contributed by atoms with E-state index in [-0.39, 0.29) is 11.7 Å². The normalized spacial score (nSPS) is 20.6. The van der Waals surface area contributed by atoms with E-state index in [4.69, 9.17) is 4.74 Å². The zero-order chi connectivity index (χ0) is 17.6. The Kier molecular flexibility index (Phi) is 3.71. The minimum absolute atomic E-state index is 0.113. The molecule has 2 aromatic rings. The van der Waals surface area contributed by atoms with E-state index < -0.39 is 5.97 Å². The topological polar surface area (TPSA) is 71.2 Å². The first-order valence-corrected chi connectivity index (χ1v) is 8.49. The van der Waals surface area contributed by atoms with Crippen LogP contribution in [0.1, 0.15) is 37.7 Å². The van der Waals surface area contributed by atoms with Gasteiger partial charge in [-0.2, -0.15) is 0 Å². The van der Waals surface area contributed by atoms with Crippen molar-refractivity contribution in [2.75, 3.05) is 7.11 Å². The number of hydrogen-bond donors (Lipinski definition) is 2. The summed E-state index contributed by atoms with van der Waals surface area (Å²) in [6.07, 6.45) is 4.08. The standard InChI is InChI=1S/C20H20N2O3/c1-11-17(20(24)25-2)18(19-15(22-11)4-3-5-16(19)23)13-6-7-14-12(10-13)8-9-21-14/h6-10,18,21-22H,3-5H2,1-2H3. The van der Waals surface area contributed by atoms with Crippen molar-refractivity contribution in [3.63, 3.8) is 0 Å². The first kappa shape index (κ1) is 15.7. The number of Topliss-reactive ketones (excluding diaryl/α,β-unsaturated/α-hetero) is 1. The number of carbonyl (C=O) groups excluding carboxylic acids is 2. The van der Waals surface area contributed by atoms with Crippen LogP contribution >= 0.6 is 0 Å². The molecule has 5 nitrogen and oxygen atoms in total. The van der Waals surface area contributed by atoms with Crippen molar-refractivity contribution < 1.29 is 14.3 Å². The molecule has 2 N–H and O–H groups in total. The van der Waals surface area contributed by atoms with Crippen LogP contribution in [0, 0.1) is 0 Å². The molecule has 2 aliphatic rings. The molecule has 4 rings (SSSR count). The number of fused-ring (bicyclic) bond motifs is 1. The number of H-pyrrole nitrogens is 1. The Morgan fingerprint density at radius 2 is 2.08 bits per heavy atom. The number of benzene rings is 1. The van der Waals surface area contributed by atoms with Crippen LogP contribution in [0.5, 0.6) is 0 Å². The lowest BCUT2D eigenvalue weighted by atomic mass is 9.75. The summed E-state index contributed by atoms with van der Waals surface area (Å²) in [4.78, 5) is 28.4. The number of hydrogen-bond acceptors (Lipinski definition) is 4. The lowest BCUT2D eigenvalue weighted by molar-refractivity contribution is -0.136. The summed E-state index contributed by atoms with van der Waals surface area (Å²) in [5.74, 6) is -0.660. The smallest absolute Gasteiger partial charge is 0.336 e. The van der Waals surface area contributed by atoms with Gasteiger partial charge in [0.25, 0.3) is 0 Å². The second kappa shape index (κ2) is 5.92. The van der Waals surface area contributed by atoms with Crippen LogP contribution in [0.4, 0.5) is 0 Å². The third-order valence-corrected chi connectivity index (χ3v) is 5.09. The SMILES string of the molecule is COC(=O)C1=C(C)NC2=C(C(=O)CCC2)C1c1ccc2[nH]ccc2c1. The Labute approximate surface area is 145 Å². The quantitative estimate of drug-likeness (QED) is 0.826. The minimum atomic E-state index is -0.394. The van der Waals surface area contributed by atoms with Gasteiger partial charge in [0, 0.05) is 41.0 Å². The maximum Gasteiger partial charge on any atom is 0.336 e. The molecule has 0 saturated heterocycles. The molecule has 1 atom stereocenters. The molecule has 1 aliphatic heterocycles. The van der Waals surface area contributed by atoms with Gasteiger partial charge in [0.2, 0.25) is 0 Å². The first-order valence-electron chi connectivity index (χ1n) is 8.49. The highest BCUT2D eigenvalue weighted by atomic mass is 16.5. The van der Waals surface area contributed by atoms with E-state index >= 15 is 0 Å². The molecule has 0 amide bonds. The average molecular weight is 336 g/mol. The molecular formula is C20H20N2O3. The molecule has 2 heterocycles. The summed E-state index contributed by atoms with van der Waals surface area (Å²) >= 11 is 0. The van der Waals surface area contributed by atoms with Gasteiger partial charge < -0.3 is 15.0 Å². The van der Waals surface area contributed by atoms with Crippen LogP contribution in [0.25, 0.3) is 10.9 Å². The van der Waals surface area contributed by atoms with E-state index in [1.165, 1.54) is 7.11 Å². The average Bonchev–Trinajstić information content (AvgIpc) is 3.07. The van der Waals surface area contributed by atoms with E-state index in [1.54, 1.807) is 0 Å². The van der Waals surface area contributed by atoms with Crippen LogP contribution < -0.4 is 5.32 Å². The number of aromatic amines is 1. The largest absolute Gasteiger partial charge is 0.466 e. The molecule has 1 unspecified atom stereocenters. The number of rotatable bonds is 2. The lowest BCUT2D eigenvalue weighted by Gasteiger charge is -2.34. The van der Waals surface area contributed by atoms with E-state index in [9.17, 15) is 9.59 Å². The zero-order valence-electron chi connectivity index (χ0n) is 14.3. The van der Waals surface area contributed by atoms with Gasteiger partial charge in [0.05, 0.1) is 12.7 Å². The van der Waals surface area contributed by atoms with Crippen molar-refractivity contribution in [2.24, 2.45) is 0 Å². The van der Waals surface area contributed by atoms with Crippen LogP contribution in [-0.2, 0) is 14.3 Å². The summed E-state index contributed by atoms with van der Waals surface area (Å²) in [6, 6.07) is 8.01. The van der Waals surface area contributed by atoms with Crippen molar-refractivity contribution in [2.45, 2.75) is 32.1 Å². The van der Waals surface area contributed by atoms with Gasteiger partial charge >= 0.3 is 5.97 Å². The predicted molar refractivity (Wildman–Crippen MR) is 94.8 cm³/mol. The summed E-state index contributed by atoms with van der Waals surface area (Å²) in [7, 11) is 1.38. The second-order valence-electron chi connectivity index (χ2n) is 6.58. The van der Waals surface area contributed by atoms with Crippen LogP contribution in [-0.4, -0.2) is 23.8 Å². The van der Waals surface area contributed by atoms with Crippen molar-refractivity contribution >= 4 is 22.7 Å². The van der Waals surface area contributed by atoms with Crippen molar-refractivity contribution in [1.29, 1.82) is 0 Å². The number of nitrogens with one attached hydrogen (secondary N) is 2. The number of aromatic nitrogens is 1. The molecule has 0 spiro atoms. The zero-order valence-corrected chi connectivity index (χ0v) is 14.3. The molecular weight excluding hydrogens is 316 g/mol. The molecule has 5 heteroatoms. The molecule has 0 saturated carbocycles. The molecule has 0 bridgehead atoms.